The van der Waals surface area contributed by atoms with Crippen LogP contribution in [0.3, 0.4) is 0 Å². The molecular formula is C10H21NO2S. The molecule has 84 valence electrons. The predicted molar refractivity (Wildman–Crippen MR) is 61.7 cm³/mol. The highest BCUT2D eigenvalue weighted by Crippen LogP contribution is 2.04. The molecule has 4 heteroatoms. The number of amides is 1. The molecule has 0 aromatic carbocycles. The Morgan fingerprint density at radius 3 is 2.43 bits per heavy atom. The molecule has 0 aromatic rings. The monoisotopic (exact) mass is 219 g/mol. The van der Waals surface area contributed by atoms with Gasteiger partial charge in [-0.25, -0.2) is 0 Å². The minimum absolute atomic E-state index is 0.0558. The molecule has 0 N–H and O–H groups in total. The SMILES string of the molecule is CSCC(C)N(C)C(=O)COC(C)C. The van der Waals surface area contributed by atoms with E-state index in [2.05, 4.69) is 0 Å². The van der Waals surface area contributed by atoms with Crippen LogP contribution < -0.4 is 0 Å². The van der Waals surface area contributed by atoms with Crippen LogP contribution in [0.15, 0.2) is 0 Å². The van der Waals surface area contributed by atoms with Crippen molar-refractivity contribution in [3.05, 3.63) is 0 Å². The maximum absolute atomic E-state index is 11.6. The van der Waals surface area contributed by atoms with Gasteiger partial charge in [-0.3, -0.25) is 4.79 Å². The highest BCUT2D eigenvalue weighted by molar-refractivity contribution is 7.98. The number of carbonyl (C=O) groups excluding carboxylic acids is 1. The minimum Gasteiger partial charge on any atom is -0.369 e. The first-order chi connectivity index (χ1) is 6.49. The van der Waals surface area contributed by atoms with Gasteiger partial charge in [-0.2, -0.15) is 11.8 Å². The molecule has 0 saturated carbocycles. The Morgan fingerprint density at radius 1 is 1.43 bits per heavy atom. The smallest absolute Gasteiger partial charge is 0.248 e. The fraction of sp³-hybridized carbons (Fsp3) is 0.900. The Balaban J connectivity index is 3.86. The number of rotatable bonds is 6. The molecule has 0 radical (unpaired) electrons. The molecule has 0 rings (SSSR count). The zero-order chi connectivity index (χ0) is 11.1. The Hall–Kier alpha value is -0.220. The van der Waals surface area contributed by atoms with Crippen molar-refractivity contribution in [3.63, 3.8) is 0 Å². The van der Waals surface area contributed by atoms with Gasteiger partial charge in [-0.1, -0.05) is 0 Å². The van der Waals surface area contributed by atoms with E-state index < -0.39 is 0 Å². The van der Waals surface area contributed by atoms with Crippen molar-refractivity contribution >= 4 is 17.7 Å². The molecule has 3 nitrogen and oxygen atoms in total. The zero-order valence-electron chi connectivity index (χ0n) is 9.74. The zero-order valence-corrected chi connectivity index (χ0v) is 10.6. The number of hydrogen-bond donors (Lipinski definition) is 0. The van der Waals surface area contributed by atoms with E-state index in [4.69, 9.17) is 4.74 Å². The summed E-state index contributed by atoms with van der Waals surface area (Å²) in [7, 11) is 1.83. The largest absolute Gasteiger partial charge is 0.369 e. The van der Waals surface area contributed by atoms with Crippen LogP contribution >= 0.6 is 11.8 Å². The molecule has 0 aromatic heterocycles. The van der Waals surface area contributed by atoms with Crippen molar-refractivity contribution in [1.82, 2.24) is 4.90 Å². The van der Waals surface area contributed by atoms with Gasteiger partial charge in [-0.15, -0.1) is 0 Å². The lowest BCUT2D eigenvalue weighted by Crippen LogP contribution is -2.39. The molecule has 0 aliphatic heterocycles. The molecular weight excluding hydrogens is 198 g/mol. The lowest BCUT2D eigenvalue weighted by Gasteiger charge is -2.24. The third-order valence-electron chi connectivity index (χ3n) is 2.00. The summed E-state index contributed by atoms with van der Waals surface area (Å²) in [5, 5.41) is 0. The quantitative estimate of drug-likeness (QED) is 0.680. The van der Waals surface area contributed by atoms with Gasteiger partial charge in [0.25, 0.3) is 0 Å². The van der Waals surface area contributed by atoms with E-state index in [1.54, 1.807) is 16.7 Å². The predicted octanol–water partition coefficient (Wildman–Crippen LogP) is 1.62. The summed E-state index contributed by atoms with van der Waals surface area (Å²) >= 11 is 1.75. The highest BCUT2D eigenvalue weighted by Gasteiger charge is 2.15. The number of hydrogen-bond acceptors (Lipinski definition) is 3. The molecule has 0 aliphatic carbocycles. The fourth-order valence-corrected chi connectivity index (χ4v) is 1.64. The van der Waals surface area contributed by atoms with Crippen LogP contribution in [-0.2, 0) is 9.53 Å². The standard InChI is InChI=1S/C10H21NO2S/c1-8(2)13-6-10(12)11(4)9(3)7-14-5/h8-9H,6-7H2,1-5H3. The molecule has 1 unspecified atom stereocenters. The summed E-state index contributed by atoms with van der Waals surface area (Å²) in [6, 6.07) is 0.272. The Kier molecular flexibility index (Phi) is 7.01. The summed E-state index contributed by atoms with van der Waals surface area (Å²) in [5.41, 5.74) is 0. The molecule has 1 atom stereocenters. The van der Waals surface area contributed by atoms with E-state index in [9.17, 15) is 4.79 Å². The van der Waals surface area contributed by atoms with Gasteiger partial charge in [0, 0.05) is 18.8 Å². The first-order valence-corrected chi connectivity index (χ1v) is 6.24. The fourth-order valence-electron chi connectivity index (χ4n) is 0.939. The second kappa shape index (κ2) is 7.12. The summed E-state index contributed by atoms with van der Waals surface area (Å²) in [4.78, 5) is 13.3. The summed E-state index contributed by atoms with van der Waals surface area (Å²) in [6.45, 7) is 6.09. The van der Waals surface area contributed by atoms with Crippen LogP contribution in [-0.4, -0.2) is 48.6 Å². The number of thioether (sulfide) groups is 1. The van der Waals surface area contributed by atoms with E-state index >= 15 is 0 Å². The average molecular weight is 219 g/mol. The number of carbonyl (C=O) groups is 1. The van der Waals surface area contributed by atoms with E-state index in [-0.39, 0.29) is 24.7 Å². The van der Waals surface area contributed by atoms with Crippen molar-refractivity contribution in [1.29, 1.82) is 0 Å². The van der Waals surface area contributed by atoms with E-state index in [1.807, 2.05) is 34.1 Å². The Bertz CT molecular complexity index is 174. The molecule has 0 spiro atoms. The van der Waals surface area contributed by atoms with Gasteiger partial charge in [-0.05, 0) is 27.0 Å². The lowest BCUT2D eigenvalue weighted by molar-refractivity contribution is -0.137. The minimum atomic E-state index is 0.0558. The molecule has 0 saturated heterocycles. The maximum atomic E-state index is 11.6. The molecule has 0 fully saturated rings. The Labute approximate surface area is 91.2 Å². The first kappa shape index (κ1) is 13.8. The molecule has 1 amide bonds. The number of nitrogens with zero attached hydrogens (tertiary/aromatic N) is 1. The van der Waals surface area contributed by atoms with Gasteiger partial charge in [0.1, 0.15) is 6.61 Å². The second-order valence-corrected chi connectivity index (χ2v) is 4.58. The summed E-state index contributed by atoms with van der Waals surface area (Å²) in [6.07, 6.45) is 2.16. The van der Waals surface area contributed by atoms with Gasteiger partial charge >= 0.3 is 0 Å². The van der Waals surface area contributed by atoms with Crippen molar-refractivity contribution in [3.8, 4) is 0 Å². The van der Waals surface area contributed by atoms with Gasteiger partial charge in [0.2, 0.25) is 5.91 Å². The average Bonchev–Trinajstić information content (AvgIpc) is 2.13. The molecule has 0 bridgehead atoms. The van der Waals surface area contributed by atoms with Crippen molar-refractivity contribution in [2.45, 2.75) is 32.9 Å². The summed E-state index contributed by atoms with van der Waals surface area (Å²) < 4.78 is 5.26. The van der Waals surface area contributed by atoms with Crippen LogP contribution in [0.5, 0.6) is 0 Å². The first-order valence-electron chi connectivity index (χ1n) is 4.85. The lowest BCUT2D eigenvalue weighted by atomic mass is 10.3. The summed E-state index contributed by atoms with van der Waals surface area (Å²) in [5.74, 6) is 1.02. The normalized spacial score (nSPS) is 13.0. The molecule has 14 heavy (non-hydrogen) atoms. The van der Waals surface area contributed by atoms with Crippen LogP contribution in [0.1, 0.15) is 20.8 Å². The number of ether oxygens (including phenoxy) is 1. The number of likely N-dealkylation sites (N-methyl/N-ethyl adjacent to an activating group) is 1. The third kappa shape index (κ3) is 5.50. The van der Waals surface area contributed by atoms with Gasteiger partial charge in [0.15, 0.2) is 0 Å². The molecule has 0 aliphatic rings. The van der Waals surface area contributed by atoms with E-state index in [1.165, 1.54) is 0 Å². The van der Waals surface area contributed by atoms with Crippen LogP contribution in [0, 0.1) is 0 Å². The highest BCUT2D eigenvalue weighted by atomic mass is 32.2. The third-order valence-corrected chi connectivity index (χ3v) is 2.82. The Morgan fingerprint density at radius 2 is 2.00 bits per heavy atom. The maximum Gasteiger partial charge on any atom is 0.248 e. The van der Waals surface area contributed by atoms with Crippen LogP contribution in [0.4, 0.5) is 0 Å². The van der Waals surface area contributed by atoms with E-state index in [0.717, 1.165) is 5.75 Å². The second-order valence-electron chi connectivity index (χ2n) is 3.67. The van der Waals surface area contributed by atoms with Crippen LogP contribution in [0.2, 0.25) is 0 Å². The van der Waals surface area contributed by atoms with Gasteiger partial charge in [0.05, 0.1) is 6.10 Å². The van der Waals surface area contributed by atoms with Crippen molar-refractivity contribution in [2.75, 3.05) is 25.7 Å². The van der Waals surface area contributed by atoms with Gasteiger partial charge < -0.3 is 9.64 Å². The topological polar surface area (TPSA) is 29.5 Å². The molecule has 0 heterocycles. The van der Waals surface area contributed by atoms with Crippen molar-refractivity contribution in [2.24, 2.45) is 0 Å². The van der Waals surface area contributed by atoms with Crippen molar-refractivity contribution < 1.29 is 9.53 Å². The van der Waals surface area contributed by atoms with E-state index in [0.29, 0.717) is 0 Å². The van der Waals surface area contributed by atoms with Crippen LogP contribution in [0.25, 0.3) is 0 Å².